The van der Waals surface area contributed by atoms with Gasteiger partial charge in [-0.25, -0.2) is 0 Å². The van der Waals surface area contributed by atoms with Gasteiger partial charge in [0.15, 0.2) is 0 Å². The molecule has 28 heavy (non-hydrogen) atoms. The van der Waals surface area contributed by atoms with E-state index in [1.807, 2.05) is 56.8 Å². The van der Waals surface area contributed by atoms with Gasteiger partial charge < -0.3 is 15.8 Å². The molecule has 3 rings (SSSR count). The van der Waals surface area contributed by atoms with Crippen molar-refractivity contribution in [2.75, 3.05) is 11.1 Å². The van der Waals surface area contributed by atoms with Crippen LogP contribution in [0.25, 0.3) is 11.1 Å². The lowest BCUT2D eigenvalue weighted by Gasteiger charge is -2.14. The van der Waals surface area contributed by atoms with Crippen LogP contribution in [0, 0.1) is 25.2 Å². The van der Waals surface area contributed by atoms with Crippen LogP contribution in [0.4, 0.5) is 17.2 Å². The van der Waals surface area contributed by atoms with Crippen LogP contribution in [-0.2, 0) is 7.05 Å². The maximum Gasteiger partial charge on any atom is 0.236 e. The molecule has 144 valence electrons. The number of nitriles is 1. The van der Waals surface area contributed by atoms with E-state index in [1.54, 1.807) is 6.07 Å². The van der Waals surface area contributed by atoms with E-state index in [0.717, 1.165) is 28.2 Å². The molecule has 0 aliphatic rings. The molecule has 0 radical (unpaired) electrons. The maximum atomic E-state index is 9.30. The molecule has 3 aromatic rings. The molecular formula is C21H24N6O. The van der Waals surface area contributed by atoms with Gasteiger partial charge in [-0.1, -0.05) is 12.1 Å². The highest BCUT2D eigenvalue weighted by molar-refractivity contribution is 5.72. The summed E-state index contributed by atoms with van der Waals surface area (Å²) in [5.41, 5.74) is 11.8. The first kappa shape index (κ1) is 19.2. The van der Waals surface area contributed by atoms with Crippen molar-refractivity contribution in [1.82, 2.24) is 14.8 Å². The third-order valence-electron chi connectivity index (χ3n) is 4.43. The van der Waals surface area contributed by atoms with E-state index in [2.05, 4.69) is 28.4 Å². The molecule has 0 saturated carbocycles. The minimum absolute atomic E-state index is 0.112. The summed E-state index contributed by atoms with van der Waals surface area (Å²) in [4.78, 5) is 4.40. The van der Waals surface area contributed by atoms with E-state index in [0.29, 0.717) is 11.5 Å². The zero-order valence-corrected chi connectivity index (χ0v) is 16.7. The fourth-order valence-electron chi connectivity index (χ4n) is 3.08. The van der Waals surface area contributed by atoms with Crippen LogP contribution in [0.5, 0.6) is 5.88 Å². The van der Waals surface area contributed by atoms with Gasteiger partial charge in [0.05, 0.1) is 17.5 Å². The number of nitrogen functional groups attached to an aromatic ring is 1. The second-order valence-corrected chi connectivity index (χ2v) is 6.93. The van der Waals surface area contributed by atoms with E-state index in [-0.39, 0.29) is 17.5 Å². The molecule has 0 unspecified atom stereocenters. The van der Waals surface area contributed by atoms with Crippen molar-refractivity contribution in [3.63, 3.8) is 0 Å². The van der Waals surface area contributed by atoms with Gasteiger partial charge in [0.25, 0.3) is 0 Å². The SMILES string of the molecule is Cc1nn(C)c(C)c1-c1ccc(Nc2cc(N)c(C#N)c(OC(C)C)n2)cc1. The number of rotatable bonds is 5. The van der Waals surface area contributed by atoms with E-state index in [9.17, 15) is 5.26 Å². The minimum atomic E-state index is -0.112. The Morgan fingerprint density at radius 2 is 1.89 bits per heavy atom. The lowest BCUT2D eigenvalue weighted by atomic mass is 10.0. The number of anilines is 3. The third-order valence-corrected chi connectivity index (χ3v) is 4.43. The van der Waals surface area contributed by atoms with E-state index >= 15 is 0 Å². The molecule has 0 aliphatic heterocycles. The third kappa shape index (κ3) is 3.76. The van der Waals surface area contributed by atoms with E-state index < -0.39 is 0 Å². The molecule has 2 heterocycles. The summed E-state index contributed by atoms with van der Waals surface area (Å²) >= 11 is 0. The Labute approximate surface area is 164 Å². The molecule has 0 amide bonds. The summed E-state index contributed by atoms with van der Waals surface area (Å²) < 4.78 is 7.52. The first-order valence-electron chi connectivity index (χ1n) is 9.05. The number of aromatic nitrogens is 3. The molecule has 0 aliphatic carbocycles. The van der Waals surface area contributed by atoms with Crippen molar-refractivity contribution in [3.8, 4) is 23.1 Å². The van der Waals surface area contributed by atoms with Crippen molar-refractivity contribution < 1.29 is 4.74 Å². The standard InChI is InChI=1S/C21H24N6O/c1-12(2)28-21-17(11-22)18(23)10-19(25-21)24-16-8-6-15(7-9-16)20-13(3)26-27(5)14(20)4/h6-10,12H,1-5H3,(H3,23,24,25). The number of hydrogen-bond donors (Lipinski definition) is 2. The average molecular weight is 376 g/mol. The molecule has 0 bridgehead atoms. The van der Waals surface area contributed by atoms with Gasteiger partial charge >= 0.3 is 0 Å². The Morgan fingerprint density at radius 3 is 2.43 bits per heavy atom. The Kier molecular flexibility index (Phi) is 5.23. The van der Waals surface area contributed by atoms with Gasteiger partial charge in [-0.15, -0.1) is 0 Å². The number of pyridine rings is 1. The van der Waals surface area contributed by atoms with Gasteiger partial charge in [0, 0.05) is 30.1 Å². The van der Waals surface area contributed by atoms with Gasteiger partial charge in [-0.2, -0.15) is 15.3 Å². The van der Waals surface area contributed by atoms with Crippen molar-refractivity contribution in [1.29, 1.82) is 5.26 Å². The average Bonchev–Trinajstić information content (AvgIpc) is 2.87. The molecule has 3 N–H and O–H groups in total. The van der Waals surface area contributed by atoms with Crippen LogP contribution in [0.1, 0.15) is 30.8 Å². The molecule has 2 aromatic heterocycles. The van der Waals surface area contributed by atoms with Crippen LogP contribution in [0.3, 0.4) is 0 Å². The largest absolute Gasteiger partial charge is 0.474 e. The number of benzene rings is 1. The minimum Gasteiger partial charge on any atom is -0.474 e. The summed E-state index contributed by atoms with van der Waals surface area (Å²) in [6.45, 7) is 7.82. The van der Waals surface area contributed by atoms with Crippen molar-refractivity contribution in [2.45, 2.75) is 33.8 Å². The van der Waals surface area contributed by atoms with Gasteiger partial charge in [0.2, 0.25) is 5.88 Å². The second-order valence-electron chi connectivity index (χ2n) is 6.93. The van der Waals surface area contributed by atoms with Crippen LogP contribution in [0.15, 0.2) is 30.3 Å². The van der Waals surface area contributed by atoms with E-state index in [4.69, 9.17) is 10.5 Å². The first-order valence-corrected chi connectivity index (χ1v) is 9.05. The van der Waals surface area contributed by atoms with Crippen LogP contribution >= 0.6 is 0 Å². The zero-order chi connectivity index (χ0) is 20.4. The zero-order valence-electron chi connectivity index (χ0n) is 16.7. The monoisotopic (exact) mass is 376 g/mol. The normalized spacial score (nSPS) is 10.8. The van der Waals surface area contributed by atoms with E-state index in [1.165, 1.54) is 0 Å². The Bertz CT molecular complexity index is 1040. The molecule has 1 aromatic carbocycles. The summed E-state index contributed by atoms with van der Waals surface area (Å²) in [6, 6.07) is 11.7. The smallest absolute Gasteiger partial charge is 0.236 e. The van der Waals surface area contributed by atoms with Crippen LogP contribution in [0.2, 0.25) is 0 Å². The second kappa shape index (κ2) is 7.61. The molecule has 7 nitrogen and oxygen atoms in total. The van der Waals surface area contributed by atoms with Crippen molar-refractivity contribution in [3.05, 3.63) is 47.3 Å². The fourth-order valence-corrected chi connectivity index (χ4v) is 3.08. The summed E-state index contributed by atoms with van der Waals surface area (Å²) in [7, 11) is 1.94. The van der Waals surface area contributed by atoms with Crippen LogP contribution < -0.4 is 15.8 Å². The maximum absolute atomic E-state index is 9.30. The summed E-state index contributed by atoms with van der Waals surface area (Å²) in [6.07, 6.45) is -0.112. The van der Waals surface area contributed by atoms with Gasteiger partial charge in [-0.05, 0) is 45.4 Å². The van der Waals surface area contributed by atoms with Crippen molar-refractivity contribution >= 4 is 17.2 Å². The lowest BCUT2D eigenvalue weighted by Crippen LogP contribution is -2.10. The Hall–Kier alpha value is -3.53. The first-order chi connectivity index (χ1) is 13.3. The number of nitrogens with two attached hydrogens (primary N) is 1. The highest BCUT2D eigenvalue weighted by atomic mass is 16.5. The molecule has 0 atom stereocenters. The Morgan fingerprint density at radius 1 is 1.21 bits per heavy atom. The molecule has 0 saturated heterocycles. The number of hydrogen-bond acceptors (Lipinski definition) is 6. The number of nitrogens with zero attached hydrogens (tertiary/aromatic N) is 4. The Balaban J connectivity index is 1.88. The molecule has 7 heteroatoms. The lowest BCUT2D eigenvalue weighted by molar-refractivity contribution is 0.232. The van der Waals surface area contributed by atoms with Gasteiger partial charge in [-0.3, -0.25) is 4.68 Å². The predicted molar refractivity (Wildman–Crippen MR) is 111 cm³/mol. The topological polar surface area (TPSA) is 102 Å². The molecule has 0 spiro atoms. The number of ether oxygens (including phenoxy) is 1. The highest BCUT2D eigenvalue weighted by Crippen LogP contribution is 2.30. The molecular weight excluding hydrogens is 352 g/mol. The predicted octanol–water partition coefficient (Wildman–Crippen LogP) is 4.08. The highest BCUT2D eigenvalue weighted by Gasteiger charge is 2.14. The van der Waals surface area contributed by atoms with Crippen molar-refractivity contribution in [2.24, 2.45) is 7.05 Å². The quantitative estimate of drug-likeness (QED) is 0.695. The summed E-state index contributed by atoms with van der Waals surface area (Å²) in [5.74, 6) is 0.756. The van der Waals surface area contributed by atoms with Crippen LogP contribution in [-0.4, -0.2) is 20.9 Å². The fraction of sp³-hybridized carbons (Fsp3) is 0.286. The number of nitrogens with one attached hydrogen (secondary N) is 1. The van der Waals surface area contributed by atoms with Gasteiger partial charge in [0.1, 0.15) is 17.5 Å². The number of aryl methyl sites for hydroxylation is 2. The summed E-state index contributed by atoms with van der Waals surface area (Å²) in [5, 5.41) is 17.0. The molecule has 0 fully saturated rings.